The number of benzene rings is 3. The molecule has 0 fully saturated rings. The first-order chi connectivity index (χ1) is 31.8. The third kappa shape index (κ3) is 16.4. The van der Waals surface area contributed by atoms with Crippen molar-refractivity contribution >= 4 is 52.4 Å². The van der Waals surface area contributed by atoms with Gasteiger partial charge in [0.1, 0.15) is 23.1 Å². The summed E-state index contributed by atoms with van der Waals surface area (Å²) >= 11 is 0. The maximum Gasteiger partial charge on any atom is 0.471 e. The smallest absolute Gasteiger partial charge is 0.471 e. The first-order valence-electron chi connectivity index (χ1n) is 21.8. The third-order valence-electron chi connectivity index (χ3n) is 10.4. The molecule has 2 aromatic carbocycles. The van der Waals surface area contributed by atoms with Crippen LogP contribution in [-0.2, 0) is 24.0 Å². The van der Waals surface area contributed by atoms with Crippen LogP contribution in [0.3, 0.4) is 0 Å². The Morgan fingerprint density at radius 1 is 0.761 bits per heavy atom. The van der Waals surface area contributed by atoms with Gasteiger partial charge in [-0.2, -0.15) is 13.2 Å². The van der Waals surface area contributed by atoms with Crippen LogP contribution in [0.25, 0.3) is 33.4 Å². The SMILES string of the molecule is CNC(=O)CNC(=O)C(CCCCNC(=O)C(F)(F)F)NC(=O)CNCC(CC(C)C)NC(=O)CCCCCNC(=O)c1ccc(-c2c3ccc(=O)cc-3oc3cc(O)ccc23)c(C(=O)O)c1. The first kappa shape index (κ1) is 52.6. The van der Waals surface area contributed by atoms with Crippen molar-refractivity contribution in [2.75, 3.05) is 39.8 Å². The molecule has 18 nitrogen and oxygen atoms in total. The average molecular weight is 940 g/mol. The lowest BCUT2D eigenvalue weighted by atomic mass is 9.90. The van der Waals surface area contributed by atoms with Crippen LogP contribution in [0.15, 0.2) is 63.8 Å². The third-order valence-corrected chi connectivity index (χ3v) is 10.4. The summed E-state index contributed by atoms with van der Waals surface area (Å²) in [6.45, 7) is 3.48. The molecule has 2 aromatic rings. The van der Waals surface area contributed by atoms with Crippen LogP contribution < -0.4 is 42.6 Å². The van der Waals surface area contributed by atoms with Crippen LogP contribution in [0.2, 0.25) is 0 Å². The Labute approximate surface area is 383 Å². The monoisotopic (exact) mass is 939 g/mol. The number of carbonyl (C=O) groups excluding carboxylic acids is 6. The molecule has 9 N–H and O–H groups in total. The van der Waals surface area contributed by atoms with Crippen LogP contribution in [0.1, 0.15) is 85.9 Å². The largest absolute Gasteiger partial charge is 0.508 e. The van der Waals surface area contributed by atoms with E-state index < -0.39 is 47.7 Å². The van der Waals surface area contributed by atoms with Crippen molar-refractivity contribution in [1.82, 2.24) is 37.2 Å². The molecule has 4 rings (SSSR count). The minimum Gasteiger partial charge on any atom is -0.508 e. The zero-order chi connectivity index (χ0) is 49.3. The van der Waals surface area contributed by atoms with E-state index in [1.54, 1.807) is 11.4 Å². The molecule has 1 aliphatic heterocycles. The van der Waals surface area contributed by atoms with Gasteiger partial charge in [0.05, 0.1) is 18.7 Å². The van der Waals surface area contributed by atoms with Gasteiger partial charge in [0, 0.05) is 73.4 Å². The lowest BCUT2D eigenvalue weighted by Gasteiger charge is -2.22. The van der Waals surface area contributed by atoms with Crippen molar-refractivity contribution in [3.63, 3.8) is 0 Å². The minimum absolute atomic E-state index is 0.0109. The van der Waals surface area contributed by atoms with Gasteiger partial charge in [-0.15, -0.1) is 0 Å². The van der Waals surface area contributed by atoms with E-state index in [9.17, 15) is 61.7 Å². The molecule has 1 heterocycles. The number of rotatable bonds is 25. The van der Waals surface area contributed by atoms with Crippen LogP contribution >= 0.6 is 0 Å². The molecule has 2 atom stereocenters. The molecule has 67 heavy (non-hydrogen) atoms. The molecule has 1 aliphatic carbocycles. The van der Waals surface area contributed by atoms with Crippen LogP contribution in [0.4, 0.5) is 13.2 Å². The van der Waals surface area contributed by atoms with Crippen molar-refractivity contribution in [3.8, 4) is 28.2 Å². The van der Waals surface area contributed by atoms with Crippen molar-refractivity contribution in [1.29, 1.82) is 0 Å². The summed E-state index contributed by atoms with van der Waals surface area (Å²) in [6, 6.07) is 11.3. The number of aromatic carboxylic acids is 1. The summed E-state index contributed by atoms with van der Waals surface area (Å²) in [4.78, 5) is 99.1. The van der Waals surface area contributed by atoms with Crippen LogP contribution in [0.5, 0.6) is 5.75 Å². The standard InChI is InChI=1S/C46H56F3N7O11/c1-26(2)19-28(23-51-24-40(61)56-35(43(63)54-25-39(60)50-3)9-6-8-18-53-45(66)46(47,48)49)55-38(59)10-5-4-7-17-52-42(62)27-11-14-31(34(20-27)44(64)65)41-32-15-12-29(57)21-36(32)67-37-22-30(58)13-16-33(37)41/h11-16,20-22,26,28,35,51,57H,4-10,17-19,23-25H2,1-3H3,(H,50,60)(H,52,62)(H,53,66)(H,54,63)(H,55,59)(H,56,61)(H,64,65). The van der Waals surface area contributed by atoms with Crippen molar-refractivity contribution in [3.05, 3.63) is 75.9 Å². The quantitative estimate of drug-likeness (QED) is 0.0341. The number of carboxylic acids is 1. The Morgan fingerprint density at radius 2 is 1.48 bits per heavy atom. The van der Waals surface area contributed by atoms with E-state index in [-0.39, 0.29) is 115 Å². The number of unbranched alkanes of at least 4 members (excludes halogenated alkanes) is 3. The summed E-state index contributed by atoms with van der Waals surface area (Å²) < 4.78 is 43.2. The molecule has 0 saturated heterocycles. The molecule has 0 aromatic heterocycles. The van der Waals surface area contributed by atoms with Crippen LogP contribution in [0, 0.1) is 5.92 Å². The van der Waals surface area contributed by atoms with Gasteiger partial charge in [-0.25, -0.2) is 4.79 Å². The molecule has 0 bridgehead atoms. The normalized spacial score (nSPS) is 12.3. The van der Waals surface area contributed by atoms with Crippen molar-refractivity contribution in [2.24, 2.45) is 5.92 Å². The fourth-order valence-electron chi connectivity index (χ4n) is 7.21. The predicted molar refractivity (Wildman–Crippen MR) is 240 cm³/mol. The zero-order valence-electron chi connectivity index (χ0n) is 37.3. The predicted octanol–water partition coefficient (Wildman–Crippen LogP) is 3.58. The van der Waals surface area contributed by atoms with Gasteiger partial charge in [-0.3, -0.25) is 33.6 Å². The molecule has 0 radical (unpaired) electrons. The maximum atomic E-state index is 13.1. The number of nitrogens with one attached hydrogen (secondary N) is 7. The van der Waals surface area contributed by atoms with Gasteiger partial charge < -0.3 is 51.8 Å². The molecule has 0 saturated carbocycles. The molecular weight excluding hydrogens is 884 g/mol. The number of halogens is 3. The van der Waals surface area contributed by atoms with Crippen molar-refractivity contribution < 1.29 is 61.4 Å². The number of hydrogen-bond donors (Lipinski definition) is 9. The molecule has 2 aliphatic rings. The highest BCUT2D eigenvalue weighted by molar-refractivity contribution is 6.09. The van der Waals surface area contributed by atoms with Gasteiger partial charge in [0.25, 0.3) is 5.91 Å². The fraction of sp³-hybridized carbons (Fsp3) is 0.435. The Hall–Kier alpha value is -7.03. The highest BCUT2D eigenvalue weighted by Gasteiger charge is 2.38. The molecule has 2 unspecified atom stereocenters. The van der Waals surface area contributed by atoms with Gasteiger partial charge in [-0.05, 0) is 86.4 Å². The fourth-order valence-corrected chi connectivity index (χ4v) is 7.21. The number of fused-ring (bicyclic) bond motifs is 2. The number of phenols is 1. The maximum absolute atomic E-state index is 13.1. The van der Waals surface area contributed by atoms with E-state index >= 15 is 0 Å². The number of carbonyl (C=O) groups is 7. The highest BCUT2D eigenvalue weighted by atomic mass is 19.4. The summed E-state index contributed by atoms with van der Waals surface area (Å²) in [5.74, 6) is -5.58. The highest BCUT2D eigenvalue weighted by Crippen LogP contribution is 2.42. The summed E-state index contributed by atoms with van der Waals surface area (Å²) in [6.07, 6.45) is -2.40. The number of phenolic OH excluding ortho intramolecular Hbond substituents is 1. The Morgan fingerprint density at radius 3 is 2.18 bits per heavy atom. The molecular formula is C46H56F3N7O11. The minimum atomic E-state index is -5.03. The molecule has 6 amide bonds. The summed E-state index contributed by atoms with van der Waals surface area (Å²) in [5.41, 5.74) is 1.02. The number of hydrogen-bond acceptors (Lipinski definition) is 11. The Balaban J connectivity index is 1.24. The number of alkyl halides is 3. The van der Waals surface area contributed by atoms with E-state index in [0.29, 0.717) is 42.2 Å². The second-order valence-electron chi connectivity index (χ2n) is 16.2. The number of likely N-dealkylation sites (N-methyl/N-ethyl adjacent to an activating group) is 1. The van der Waals surface area contributed by atoms with Gasteiger partial charge in [0.2, 0.25) is 23.6 Å². The summed E-state index contributed by atoms with van der Waals surface area (Å²) in [7, 11) is 1.37. The molecule has 362 valence electrons. The van der Waals surface area contributed by atoms with Crippen LogP contribution in [-0.4, -0.2) is 110 Å². The van der Waals surface area contributed by atoms with E-state index in [1.165, 1.54) is 55.6 Å². The molecule has 0 spiro atoms. The van der Waals surface area contributed by atoms with E-state index in [2.05, 4.69) is 31.9 Å². The topological polar surface area (TPSA) is 274 Å². The van der Waals surface area contributed by atoms with E-state index in [0.717, 1.165) is 0 Å². The van der Waals surface area contributed by atoms with E-state index in [4.69, 9.17) is 4.42 Å². The zero-order valence-corrected chi connectivity index (χ0v) is 37.3. The van der Waals surface area contributed by atoms with Gasteiger partial charge >= 0.3 is 18.1 Å². The first-order valence-corrected chi connectivity index (χ1v) is 21.8. The summed E-state index contributed by atoms with van der Waals surface area (Å²) in [5, 5.41) is 38.6. The Kier molecular flexibility index (Phi) is 19.7. The lowest BCUT2D eigenvalue weighted by Crippen LogP contribution is -2.51. The Bertz CT molecular complexity index is 2440. The van der Waals surface area contributed by atoms with Gasteiger partial charge in [-0.1, -0.05) is 26.3 Å². The number of amides is 6. The second kappa shape index (κ2) is 25.0. The number of aromatic hydroxyl groups is 1. The second-order valence-corrected chi connectivity index (χ2v) is 16.2. The lowest BCUT2D eigenvalue weighted by molar-refractivity contribution is -0.173. The average Bonchev–Trinajstić information content (AvgIpc) is 3.26. The molecule has 21 heteroatoms. The van der Waals surface area contributed by atoms with Gasteiger partial charge in [0.15, 0.2) is 5.43 Å². The van der Waals surface area contributed by atoms with E-state index in [1.807, 2.05) is 13.8 Å². The number of carboxylic acid groups (broad SMARTS) is 1. The van der Waals surface area contributed by atoms with Crippen molar-refractivity contribution in [2.45, 2.75) is 83.5 Å².